The molecule has 4 rings (SSSR count). The van der Waals surface area contributed by atoms with Crippen LogP contribution in [0.4, 0.5) is 11.4 Å². The molecule has 0 unspecified atom stereocenters. The maximum atomic E-state index is 13.4. The fourth-order valence-electron chi connectivity index (χ4n) is 4.34. The summed E-state index contributed by atoms with van der Waals surface area (Å²) in [5.41, 5.74) is 3.15. The minimum atomic E-state index is -0.162. The van der Waals surface area contributed by atoms with Gasteiger partial charge in [-0.05, 0) is 61.4 Å². The van der Waals surface area contributed by atoms with Crippen LogP contribution in [0.25, 0.3) is 0 Å². The van der Waals surface area contributed by atoms with E-state index in [4.69, 9.17) is 0 Å². The van der Waals surface area contributed by atoms with Crippen LogP contribution in [0, 0.1) is 0 Å². The van der Waals surface area contributed by atoms with Crippen molar-refractivity contribution in [1.82, 2.24) is 0 Å². The van der Waals surface area contributed by atoms with Crippen molar-refractivity contribution in [2.75, 3.05) is 9.80 Å². The Morgan fingerprint density at radius 2 is 1.61 bits per heavy atom. The first-order valence-corrected chi connectivity index (χ1v) is 10.6. The molecule has 3 aromatic carbocycles. The fourth-order valence-corrected chi connectivity index (χ4v) is 4.34. The Kier molecular flexibility index (Phi) is 5.76. The van der Waals surface area contributed by atoms with Gasteiger partial charge in [0.2, 0.25) is 5.91 Å². The van der Waals surface area contributed by atoms with Crippen LogP contribution in [-0.2, 0) is 4.79 Å². The molecular weight excluding hydrogens is 388 g/mol. The zero-order chi connectivity index (χ0) is 22.0. The second-order valence-electron chi connectivity index (χ2n) is 7.83. The van der Waals surface area contributed by atoms with Crippen molar-refractivity contribution >= 4 is 23.2 Å². The van der Waals surface area contributed by atoms with Crippen molar-refractivity contribution in [3.8, 4) is 5.75 Å². The van der Waals surface area contributed by atoms with E-state index < -0.39 is 0 Å². The summed E-state index contributed by atoms with van der Waals surface area (Å²) >= 11 is 0. The quantitative estimate of drug-likeness (QED) is 0.629. The molecule has 2 amide bonds. The predicted molar refractivity (Wildman–Crippen MR) is 122 cm³/mol. The number of hydrogen-bond acceptors (Lipinski definition) is 3. The molecule has 3 aromatic rings. The first-order valence-electron chi connectivity index (χ1n) is 10.6. The molecule has 0 spiro atoms. The van der Waals surface area contributed by atoms with Crippen LogP contribution in [0.5, 0.6) is 5.75 Å². The van der Waals surface area contributed by atoms with Gasteiger partial charge in [-0.15, -0.1) is 0 Å². The lowest BCUT2D eigenvalue weighted by Crippen LogP contribution is -2.47. The molecule has 1 aliphatic heterocycles. The van der Waals surface area contributed by atoms with Gasteiger partial charge in [0.1, 0.15) is 5.75 Å². The molecule has 1 heterocycles. The van der Waals surface area contributed by atoms with Gasteiger partial charge in [-0.2, -0.15) is 0 Å². The third kappa shape index (κ3) is 3.91. The zero-order valence-corrected chi connectivity index (χ0v) is 17.7. The molecule has 0 fully saturated rings. The number of phenols is 1. The Labute approximate surface area is 182 Å². The molecule has 0 saturated carbocycles. The van der Waals surface area contributed by atoms with Crippen LogP contribution in [0.2, 0.25) is 0 Å². The summed E-state index contributed by atoms with van der Waals surface area (Å²) in [5.74, 6) is 0.0586. The molecule has 0 aliphatic carbocycles. The predicted octanol–water partition coefficient (Wildman–Crippen LogP) is 5.32. The second-order valence-corrected chi connectivity index (χ2v) is 7.83. The number of anilines is 2. The highest BCUT2D eigenvalue weighted by atomic mass is 16.3. The van der Waals surface area contributed by atoms with E-state index in [-0.39, 0.29) is 29.6 Å². The minimum absolute atomic E-state index is 0.0523. The summed E-state index contributed by atoms with van der Waals surface area (Å²) in [6, 6.07) is 23.6. The van der Waals surface area contributed by atoms with E-state index in [9.17, 15) is 14.7 Å². The molecule has 31 heavy (non-hydrogen) atoms. The lowest BCUT2D eigenvalue weighted by molar-refractivity contribution is -0.118. The van der Waals surface area contributed by atoms with Gasteiger partial charge in [0, 0.05) is 29.4 Å². The van der Waals surface area contributed by atoms with Crippen LogP contribution in [0.3, 0.4) is 0 Å². The zero-order valence-electron chi connectivity index (χ0n) is 17.7. The number of hydrogen-bond donors (Lipinski definition) is 1. The fraction of sp³-hybridized carbons (Fsp3) is 0.231. The van der Waals surface area contributed by atoms with Crippen molar-refractivity contribution in [3.05, 3.63) is 90.0 Å². The highest BCUT2D eigenvalue weighted by Crippen LogP contribution is 2.42. The summed E-state index contributed by atoms with van der Waals surface area (Å²) in [4.78, 5) is 30.1. The normalized spacial score (nSPS) is 17.7. The number of nitrogens with zero attached hydrogens (tertiary/aromatic N) is 2. The smallest absolute Gasteiger partial charge is 0.258 e. The third-order valence-corrected chi connectivity index (χ3v) is 5.81. The van der Waals surface area contributed by atoms with E-state index in [1.54, 1.807) is 17.0 Å². The van der Waals surface area contributed by atoms with Crippen LogP contribution >= 0.6 is 0 Å². The highest BCUT2D eigenvalue weighted by Gasteiger charge is 2.38. The molecule has 0 radical (unpaired) electrons. The lowest BCUT2D eigenvalue weighted by atomic mass is 9.89. The summed E-state index contributed by atoms with van der Waals surface area (Å²) in [5, 5.41) is 9.58. The van der Waals surface area contributed by atoms with Gasteiger partial charge in [0.25, 0.3) is 5.91 Å². The first-order chi connectivity index (χ1) is 15.0. The van der Waals surface area contributed by atoms with Crippen molar-refractivity contribution < 1.29 is 14.7 Å². The summed E-state index contributed by atoms with van der Waals surface area (Å²) < 4.78 is 0. The van der Waals surface area contributed by atoms with Crippen molar-refractivity contribution in [2.45, 2.75) is 38.8 Å². The molecule has 0 aromatic heterocycles. The number of carbonyl (C=O) groups is 2. The van der Waals surface area contributed by atoms with Crippen LogP contribution in [0.15, 0.2) is 78.9 Å². The van der Waals surface area contributed by atoms with Gasteiger partial charge in [0.15, 0.2) is 0 Å². The SMILES string of the molecule is CCC(=O)N(c1ccccc1)[C@@H]1C[C@H](C)N(C(=O)c2ccc(O)cc2)c2ccccc21. The van der Waals surface area contributed by atoms with Gasteiger partial charge in [-0.25, -0.2) is 0 Å². The standard InChI is InChI=1S/C26H26N2O3/c1-3-25(30)28(20-9-5-4-6-10-20)24-17-18(2)27(23-12-8-7-11-22(23)24)26(31)19-13-15-21(29)16-14-19/h4-16,18,24,29H,3,17H2,1-2H3/t18-,24+/m0/s1. The number of para-hydroxylation sites is 2. The molecule has 0 saturated heterocycles. The monoisotopic (exact) mass is 414 g/mol. The van der Waals surface area contributed by atoms with E-state index >= 15 is 0 Å². The summed E-state index contributed by atoms with van der Waals surface area (Å²) in [6.45, 7) is 3.89. The van der Waals surface area contributed by atoms with Gasteiger partial charge in [-0.3, -0.25) is 9.59 Å². The Bertz CT molecular complexity index is 1080. The van der Waals surface area contributed by atoms with E-state index in [1.165, 1.54) is 12.1 Å². The van der Waals surface area contributed by atoms with E-state index in [2.05, 4.69) is 0 Å². The second kappa shape index (κ2) is 8.64. The van der Waals surface area contributed by atoms with E-state index in [0.29, 0.717) is 18.4 Å². The number of aromatic hydroxyl groups is 1. The maximum absolute atomic E-state index is 13.4. The van der Waals surface area contributed by atoms with Crippen LogP contribution in [-0.4, -0.2) is 23.0 Å². The molecular formula is C26H26N2O3. The number of rotatable bonds is 4. The largest absolute Gasteiger partial charge is 0.508 e. The lowest BCUT2D eigenvalue weighted by Gasteiger charge is -2.43. The Morgan fingerprint density at radius 3 is 2.29 bits per heavy atom. The van der Waals surface area contributed by atoms with Gasteiger partial charge in [0.05, 0.1) is 6.04 Å². The number of phenolic OH excluding ortho intramolecular Hbond substituents is 1. The highest BCUT2D eigenvalue weighted by molar-refractivity contribution is 6.07. The first kappa shape index (κ1) is 20.7. The van der Waals surface area contributed by atoms with E-state index in [0.717, 1.165) is 16.9 Å². The third-order valence-electron chi connectivity index (χ3n) is 5.81. The van der Waals surface area contributed by atoms with Crippen LogP contribution < -0.4 is 9.80 Å². The van der Waals surface area contributed by atoms with Gasteiger partial charge < -0.3 is 14.9 Å². The Morgan fingerprint density at radius 1 is 0.968 bits per heavy atom. The summed E-state index contributed by atoms with van der Waals surface area (Å²) in [7, 11) is 0. The van der Waals surface area contributed by atoms with Crippen molar-refractivity contribution in [2.24, 2.45) is 0 Å². The topological polar surface area (TPSA) is 60.9 Å². The van der Waals surface area contributed by atoms with Crippen molar-refractivity contribution in [1.29, 1.82) is 0 Å². The van der Waals surface area contributed by atoms with Gasteiger partial charge in [-0.1, -0.05) is 43.3 Å². The number of carbonyl (C=O) groups excluding carboxylic acids is 2. The molecule has 1 N–H and O–H groups in total. The molecule has 2 atom stereocenters. The number of fused-ring (bicyclic) bond motifs is 1. The average Bonchev–Trinajstić information content (AvgIpc) is 2.80. The Balaban J connectivity index is 1.78. The van der Waals surface area contributed by atoms with E-state index in [1.807, 2.05) is 73.3 Å². The molecule has 158 valence electrons. The van der Waals surface area contributed by atoms with Gasteiger partial charge >= 0.3 is 0 Å². The summed E-state index contributed by atoms with van der Waals surface area (Å²) in [6.07, 6.45) is 1.03. The molecule has 1 aliphatic rings. The Hall–Kier alpha value is -3.60. The molecule has 0 bridgehead atoms. The number of benzene rings is 3. The average molecular weight is 415 g/mol. The number of amides is 2. The van der Waals surface area contributed by atoms with Crippen LogP contribution in [0.1, 0.15) is 48.7 Å². The molecule has 5 heteroatoms. The minimum Gasteiger partial charge on any atom is -0.508 e. The maximum Gasteiger partial charge on any atom is 0.258 e. The molecule has 5 nitrogen and oxygen atoms in total. The van der Waals surface area contributed by atoms with Crippen molar-refractivity contribution in [3.63, 3.8) is 0 Å².